The first-order valence-corrected chi connectivity index (χ1v) is 6.54. The molecular formula is C15H16ClN3O. The van der Waals surface area contributed by atoms with E-state index < -0.39 is 0 Å². The van der Waals surface area contributed by atoms with Gasteiger partial charge in [0.2, 0.25) is 0 Å². The predicted molar refractivity (Wildman–Crippen MR) is 84.4 cm³/mol. The Hall–Kier alpha value is -2.20. The number of rotatable bonds is 2. The molecular weight excluding hydrogens is 274 g/mol. The van der Waals surface area contributed by atoms with Gasteiger partial charge < -0.3 is 16.4 Å². The largest absolute Gasteiger partial charge is 0.399 e. The average molecular weight is 290 g/mol. The van der Waals surface area contributed by atoms with Gasteiger partial charge in [-0.3, -0.25) is 0 Å². The normalized spacial score (nSPS) is 10.2. The third kappa shape index (κ3) is 3.42. The Bertz CT molecular complexity index is 615. The zero-order valence-electron chi connectivity index (χ0n) is 11.3. The lowest BCUT2D eigenvalue weighted by molar-refractivity contribution is 0.262. The zero-order chi connectivity index (χ0) is 14.7. The topological polar surface area (TPSA) is 67.1 Å². The van der Waals surface area contributed by atoms with Crippen LogP contribution in [0, 0.1) is 13.8 Å². The Morgan fingerprint density at radius 2 is 1.60 bits per heavy atom. The molecule has 0 radical (unpaired) electrons. The molecule has 2 aromatic carbocycles. The summed E-state index contributed by atoms with van der Waals surface area (Å²) in [7, 11) is 0. The van der Waals surface area contributed by atoms with Crippen LogP contribution >= 0.6 is 11.6 Å². The van der Waals surface area contributed by atoms with Crippen LogP contribution in [-0.4, -0.2) is 6.03 Å². The van der Waals surface area contributed by atoms with Crippen molar-refractivity contribution in [3.05, 3.63) is 52.5 Å². The number of carbonyl (C=O) groups is 1. The van der Waals surface area contributed by atoms with Crippen molar-refractivity contribution in [2.24, 2.45) is 0 Å². The van der Waals surface area contributed by atoms with Crippen LogP contribution in [0.1, 0.15) is 11.1 Å². The van der Waals surface area contributed by atoms with E-state index in [9.17, 15) is 4.79 Å². The molecule has 0 aromatic heterocycles. The van der Waals surface area contributed by atoms with Crippen LogP contribution in [0.2, 0.25) is 5.02 Å². The Morgan fingerprint density at radius 3 is 2.15 bits per heavy atom. The van der Waals surface area contributed by atoms with Gasteiger partial charge in [-0.2, -0.15) is 0 Å². The van der Waals surface area contributed by atoms with Crippen molar-refractivity contribution >= 4 is 34.7 Å². The first-order valence-electron chi connectivity index (χ1n) is 6.16. The summed E-state index contributed by atoms with van der Waals surface area (Å²) in [6.07, 6.45) is 0. The van der Waals surface area contributed by atoms with Gasteiger partial charge in [-0.25, -0.2) is 4.79 Å². The molecule has 0 unspecified atom stereocenters. The van der Waals surface area contributed by atoms with Crippen LogP contribution in [0.4, 0.5) is 21.9 Å². The standard InChI is InChI=1S/C15H16ClN3O/c1-9-7-12(17)8-10(2)14(9)19-15(20)18-13-5-3-11(16)4-6-13/h3-8H,17H2,1-2H3,(H2,18,19,20). The number of nitrogens with two attached hydrogens (primary N) is 1. The molecule has 5 heteroatoms. The third-order valence-corrected chi connectivity index (χ3v) is 3.15. The van der Waals surface area contributed by atoms with E-state index in [-0.39, 0.29) is 6.03 Å². The summed E-state index contributed by atoms with van der Waals surface area (Å²) in [6, 6.07) is 10.3. The predicted octanol–water partition coefficient (Wildman–Crippen LogP) is 4.18. The maximum absolute atomic E-state index is 12.0. The number of amides is 2. The van der Waals surface area contributed by atoms with Crippen molar-refractivity contribution in [1.29, 1.82) is 0 Å². The van der Waals surface area contributed by atoms with Crippen molar-refractivity contribution in [3.63, 3.8) is 0 Å². The fourth-order valence-electron chi connectivity index (χ4n) is 2.00. The van der Waals surface area contributed by atoms with Crippen LogP contribution in [0.5, 0.6) is 0 Å². The van der Waals surface area contributed by atoms with Crippen LogP contribution < -0.4 is 16.4 Å². The summed E-state index contributed by atoms with van der Waals surface area (Å²) in [6.45, 7) is 3.81. The molecule has 0 fully saturated rings. The molecule has 4 N–H and O–H groups in total. The van der Waals surface area contributed by atoms with Gasteiger partial charge in [-0.05, 0) is 61.4 Å². The summed E-state index contributed by atoms with van der Waals surface area (Å²) in [5.74, 6) is 0. The molecule has 20 heavy (non-hydrogen) atoms. The minimum atomic E-state index is -0.303. The highest BCUT2D eigenvalue weighted by Gasteiger charge is 2.08. The number of hydrogen-bond donors (Lipinski definition) is 3. The van der Waals surface area contributed by atoms with E-state index in [1.165, 1.54) is 0 Å². The van der Waals surface area contributed by atoms with Gasteiger partial charge in [0.1, 0.15) is 0 Å². The van der Waals surface area contributed by atoms with E-state index in [1.807, 2.05) is 26.0 Å². The van der Waals surface area contributed by atoms with Gasteiger partial charge in [-0.15, -0.1) is 0 Å². The second-order valence-electron chi connectivity index (χ2n) is 4.62. The minimum absolute atomic E-state index is 0.303. The van der Waals surface area contributed by atoms with Crippen molar-refractivity contribution in [3.8, 4) is 0 Å². The monoisotopic (exact) mass is 289 g/mol. The third-order valence-electron chi connectivity index (χ3n) is 2.90. The summed E-state index contributed by atoms with van der Waals surface area (Å²) >= 11 is 5.79. The number of urea groups is 1. The SMILES string of the molecule is Cc1cc(N)cc(C)c1NC(=O)Nc1ccc(Cl)cc1. The quantitative estimate of drug-likeness (QED) is 0.726. The van der Waals surface area contributed by atoms with Crippen LogP contribution in [-0.2, 0) is 0 Å². The van der Waals surface area contributed by atoms with Crippen molar-refractivity contribution < 1.29 is 4.79 Å². The number of halogens is 1. The molecule has 104 valence electrons. The Labute approximate surface area is 122 Å². The van der Waals surface area contributed by atoms with Gasteiger partial charge in [0, 0.05) is 22.1 Å². The van der Waals surface area contributed by atoms with Crippen LogP contribution in [0.3, 0.4) is 0 Å². The number of carbonyl (C=O) groups excluding carboxylic acids is 1. The van der Waals surface area contributed by atoms with Gasteiger partial charge >= 0.3 is 6.03 Å². The number of benzene rings is 2. The number of aryl methyl sites for hydroxylation is 2. The molecule has 0 aliphatic carbocycles. The van der Waals surface area contributed by atoms with Crippen LogP contribution in [0.25, 0.3) is 0 Å². The van der Waals surface area contributed by atoms with Gasteiger partial charge in [-0.1, -0.05) is 11.6 Å². The summed E-state index contributed by atoms with van der Waals surface area (Å²) in [5, 5.41) is 6.20. The maximum atomic E-state index is 12.0. The first kappa shape index (κ1) is 14.2. The second-order valence-corrected chi connectivity index (χ2v) is 5.05. The van der Waals surface area contributed by atoms with E-state index >= 15 is 0 Å². The number of anilines is 3. The number of hydrogen-bond acceptors (Lipinski definition) is 2. The summed E-state index contributed by atoms with van der Waals surface area (Å²) in [5.41, 5.74) is 9.74. The van der Waals surface area contributed by atoms with E-state index in [0.29, 0.717) is 16.4 Å². The van der Waals surface area contributed by atoms with Crippen molar-refractivity contribution in [2.45, 2.75) is 13.8 Å². The highest BCUT2D eigenvalue weighted by Crippen LogP contribution is 2.23. The summed E-state index contributed by atoms with van der Waals surface area (Å²) < 4.78 is 0. The Balaban J connectivity index is 2.10. The zero-order valence-corrected chi connectivity index (χ0v) is 12.1. The molecule has 0 heterocycles. The van der Waals surface area contributed by atoms with E-state index in [1.54, 1.807) is 24.3 Å². The number of nitrogens with one attached hydrogen (secondary N) is 2. The Morgan fingerprint density at radius 1 is 1.05 bits per heavy atom. The van der Waals surface area contributed by atoms with Gasteiger partial charge in [0.25, 0.3) is 0 Å². The molecule has 0 aliphatic heterocycles. The molecule has 0 atom stereocenters. The van der Waals surface area contributed by atoms with E-state index in [2.05, 4.69) is 10.6 Å². The molecule has 4 nitrogen and oxygen atoms in total. The van der Waals surface area contributed by atoms with Gasteiger partial charge in [0.05, 0.1) is 0 Å². The first-order chi connectivity index (χ1) is 9.45. The molecule has 0 saturated heterocycles. The molecule has 0 spiro atoms. The molecule has 2 rings (SSSR count). The highest BCUT2D eigenvalue weighted by molar-refractivity contribution is 6.30. The van der Waals surface area contributed by atoms with Gasteiger partial charge in [0.15, 0.2) is 0 Å². The molecule has 0 saturated carbocycles. The molecule has 0 aliphatic rings. The molecule has 2 aromatic rings. The fourth-order valence-corrected chi connectivity index (χ4v) is 2.13. The van der Waals surface area contributed by atoms with Crippen LogP contribution in [0.15, 0.2) is 36.4 Å². The van der Waals surface area contributed by atoms with E-state index in [4.69, 9.17) is 17.3 Å². The second kappa shape index (κ2) is 5.84. The van der Waals surface area contributed by atoms with Crippen molar-refractivity contribution in [1.82, 2.24) is 0 Å². The van der Waals surface area contributed by atoms with E-state index in [0.717, 1.165) is 16.8 Å². The average Bonchev–Trinajstić information content (AvgIpc) is 2.36. The molecule has 2 amide bonds. The minimum Gasteiger partial charge on any atom is -0.399 e. The number of nitrogen functional groups attached to an aromatic ring is 1. The fraction of sp³-hybridized carbons (Fsp3) is 0.133. The lowest BCUT2D eigenvalue weighted by Crippen LogP contribution is -2.20. The lowest BCUT2D eigenvalue weighted by Gasteiger charge is -2.13. The molecule has 0 bridgehead atoms. The smallest absolute Gasteiger partial charge is 0.323 e. The maximum Gasteiger partial charge on any atom is 0.323 e. The highest BCUT2D eigenvalue weighted by atomic mass is 35.5. The summed E-state index contributed by atoms with van der Waals surface area (Å²) in [4.78, 5) is 12.0. The van der Waals surface area contributed by atoms with Crippen molar-refractivity contribution in [2.75, 3.05) is 16.4 Å². The Kier molecular flexibility index (Phi) is 4.15. The lowest BCUT2D eigenvalue weighted by atomic mass is 10.1.